The van der Waals surface area contributed by atoms with Crippen LogP contribution in [0.4, 0.5) is 0 Å². The molecule has 0 aromatic rings. The number of carboxylic acids is 2. The molecule has 0 fully saturated rings. The number of hydrogen-bond acceptors (Lipinski definition) is 3. The summed E-state index contributed by atoms with van der Waals surface area (Å²) in [5, 5.41) is 17.2. The lowest BCUT2D eigenvalue weighted by molar-refractivity contribution is -0.145. The molecule has 2 atom stereocenters. The average molecular weight is 189 g/mol. The maximum absolute atomic E-state index is 10.7. The SMILES string of the molecule is CC(C)C(C[C@H](N)C(=O)O)C(=O)O. The number of nitrogens with two attached hydrogens (primary N) is 1. The van der Waals surface area contributed by atoms with Crippen LogP contribution in [0.25, 0.3) is 0 Å². The van der Waals surface area contributed by atoms with E-state index in [1.165, 1.54) is 0 Å². The lowest BCUT2D eigenvalue weighted by atomic mass is 9.90. The molecule has 0 bridgehead atoms. The highest BCUT2D eigenvalue weighted by Crippen LogP contribution is 2.16. The van der Waals surface area contributed by atoms with Crippen LogP contribution >= 0.6 is 0 Å². The monoisotopic (exact) mass is 189 g/mol. The fourth-order valence-electron chi connectivity index (χ4n) is 1.03. The molecular formula is C8H15NO4. The van der Waals surface area contributed by atoms with Gasteiger partial charge < -0.3 is 15.9 Å². The molecule has 0 heterocycles. The first-order valence-electron chi connectivity index (χ1n) is 4.07. The van der Waals surface area contributed by atoms with Crippen LogP contribution in [0.2, 0.25) is 0 Å². The fraction of sp³-hybridized carbons (Fsp3) is 0.750. The average Bonchev–Trinajstić information content (AvgIpc) is 1.97. The third kappa shape index (κ3) is 3.89. The minimum atomic E-state index is -1.16. The Balaban J connectivity index is 4.27. The summed E-state index contributed by atoms with van der Waals surface area (Å²) in [4.78, 5) is 21.0. The van der Waals surface area contributed by atoms with Crippen molar-refractivity contribution in [2.24, 2.45) is 17.6 Å². The molecule has 0 radical (unpaired) electrons. The van der Waals surface area contributed by atoms with E-state index in [0.717, 1.165) is 0 Å². The zero-order valence-electron chi connectivity index (χ0n) is 7.73. The summed E-state index contributed by atoms with van der Waals surface area (Å²) >= 11 is 0. The van der Waals surface area contributed by atoms with Gasteiger partial charge in [-0.25, -0.2) is 0 Å². The molecule has 0 aliphatic carbocycles. The summed E-state index contributed by atoms with van der Waals surface area (Å²) in [7, 11) is 0. The largest absolute Gasteiger partial charge is 0.481 e. The maximum atomic E-state index is 10.7. The Labute approximate surface area is 76.5 Å². The van der Waals surface area contributed by atoms with Gasteiger partial charge in [0.1, 0.15) is 6.04 Å². The van der Waals surface area contributed by atoms with Crippen LogP contribution in [0, 0.1) is 11.8 Å². The minimum Gasteiger partial charge on any atom is -0.481 e. The summed E-state index contributed by atoms with van der Waals surface area (Å²) in [5.41, 5.74) is 5.23. The molecule has 4 N–H and O–H groups in total. The number of rotatable bonds is 5. The molecule has 0 spiro atoms. The van der Waals surface area contributed by atoms with Gasteiger partial charge in [0.05, 0.1) is 5.92 Å². The number of carbonyl (C=O) groups is 2. The minimum absolute atomic E-state index is 0.0255. The van der Waals surface area contributed by atoms with Crippen LogP contribution < -0.4 is 5.73 Å². The van der Waals surface area contributed by atoms with E-state index in [1.54, 1.807) is 13.8 Å². The molecule has 0 rings (SSSR count). The molecule has 1 unspecified atom stereocenters. The lowest BCUT2D eigenvalue weighted by Gasteiger charge is -2.17. The van der Waals surface area contributed by atoms with Gasteiger partial charge in [0.25, 0.3) is 0 Å². The topological polar surface area (TPSA) is 101 Å². The Morgan fingerprint density at radius 1 is 1.23 bits per heavy atom. The molecule has 0 aromatic carbocycles. The summed E-state index contributed by atoms with van der Waals surface area (Å²) in [6, 6.07) is -1.09. The molecule has 5 nitrogen and oxygen atoms in total. The predicted octanol–water partition coefficient (Wildman–Crippen LogP) is 0.145. The van der Waals surface area contributed by atoms with Crippen LogP contribution in [-0.2, 0) is 9.59 Å². The number of carboxylic acid groups (broad SMARTS) is 2. The normalized spacial score (nSPS) is 15.4. The summed E-state index contributed by atoms with van der Waals surface area (Å²) < 4.78 is 0. The zero-order valence-corrected chi connectivity index (χ0v) is 7.73. The molecule has 0 aromatic heterocycles. The van der Waals surface area contributed by atoms with Crippen molar-refractivity contribution in [2.45, 2.75) is 26.3 Å². The van der Waals surface area contributed by atoms with E-state index in [0.29, 0.717) is 0 Å². The van der Waals surface area contributed by atoms with Crippen LogP contribution in [0.3, 0.4) is 0 Å². The molecule has 76 valence electrons. The lowest BCUT2D eigenvalue weighted by Crippen LogP contribution is -2.36. The summed E-state index contributed by atoms with van der Waals surface area (Å²) in [6.07, 6.45) is -0.0255. The molecule has 0 amide bonds. The Morgan fingerprint density at radius 2 is 1.69 bits per heavy atom. The van der Waals surface area contributed by atoms with Crippen molar-refractivity contribution < 1.29 is 19.8 Å². The van der Waals surface area contributed by atoms with Crippen molar-refractivity contribution in [1.29, 1.82) is 0 Å². The van der Waals surface area contributed by atoms with E-state index in [2.05, 4.69) is 0 Å². The fourth-order valence-corrected chi connectivity index (χ4v) is 1.03. The van der Waals surface area contributed by atoms with Crippen molar-refractivity contribution in [3.63, 3.8) is 0 Å². The second kappa shape index (κ2) is 4.81. The smallest absolute Gasteiger partial charge is 0.320 e. The first kappa shape index (κ1) is 11.9. The van der Waals surface area contributed by atoms with E-state index in [4.69, 9.17) is 15.9 Å². The predicted molar refractivity (Wildman–Crippen MR) is 46.2 cm³/mol. The third-order valence-electron chi connectivity index (χ3n) is 1.95. The molecule has 0 aliphatic heterocycles. The quantitative estimate of drug-likeness (QED) is 0.571. The van der Waals surface area contributed by atoms with Crippen LogP contribution in [0.15, 0.2) is 0 Å². The van der Waals surface area contributed by atoms with E-state index in [-0.39, 0.29) is 12.3 Å². The summed E-state index contributed by atoms with van der Waals surface area (Å²) in [6.45, 7) is 3.46. The number of aliphatic carboxylic acids is 2. The molecule has 13 heavy (non-hydrogen) atoms. The highest BCUT2D eigenvalue weighted by atomic mass is 16.4. The van der Waals surface area contributed by atoms with E-state index >= 15 is 0 Å². The van der Waals surface area contributed by atoms with Crippen molar-refractivity contribution in [3.05, 3.63) is 0 Å². The standard InChI is InChI=1S/C8H15NO4/c1-4(2)5(7(10)11)3-6(9)8(12)13/h4-6H,3,9H2,1-2H3,(H,10,11)(H,12,13)/t5?,6-/m0/s1. The van der Waals surface area contributed by atoms with Crippen molar-refractivity contribution >= 4 is 11.9 Å². The first-order valence-corrected chi connectivity index (χ1v) is 4.07. The molecular weight excluding hydrogens is 174 g/mol. The van der Waals surface area contributed by atoms with Gasteiger partial charge in [-0.1, -0.05) is 13.8 Å². The van der Waals surface area contributed by atoms with Gasteiger partial charge in [-0.05, 0) is 12.3 Å². The highest BCUT2D eigenvalue weighted by Gasteiger charge is 2.26. The molecule has 0 saturated heterocycles. The Kier molecular flexibility index (Phi) is 4.40. The number of hydrogen-bond donors (Lipinski definition) is 3. The Bertz CT molecular complexity index is 202. The van der Waals surface area contributed by atoms with Crippen molar-refractivity contribution in [2.75, 3.05) is 0 Å². The van der Waals surface area contributed by atoms with Gasteiger partial charge >= 0.3 is 11.9 Å². The van der Waals surface area contributed by atoms with Gasteiger partial charge in [-0.15, -0.1) is 0 Å². The van der Waals surface area contributed by atoms with E-state index < -0.39 is 23.9 Å². The van der Waals surface area contributed by atoms with Crippen molar-refractivity contribution in [3.8, 4) is 0 Å². The van der Waals surface area contributed by atoms with E-state index in [9.17, 15) is 9.59 Å². The van der Waals surface area contributed by atoms with Gasteiger partial charge in [0, 0.05) is 0 Å². The second-order valence-corrected chi connectivity index (χ2v) is 3.37. The Morgan fingerprint density at radius 3 is 1.92 bits per heavy atom. The van der Waals surface area contributed by atoms with Gasteiger partial charge in [0.2, 0.25) is 0 Å². The maximum Gasteiger partial charge on any atom is 0.320 e. The van der Waals surface area contributed by atoms with Gasteiger partial charge in [-0.3, -0.25) is 9.59 Å². The third-order valence-corrected chi connectivity index (χ3v) is 1.95. The van der Waals surface area contributed by atoms with E-state index in [1.807, 2.05) is 0 Å². The van der Waals surface area contributed by atoms with Crippen molar-refractivity contribution in [1.82, 2.24) is 0 Å². The van der Waals surface area contributed by atoms with Crippen LogP contribution in [-0.4, -0.2) is 28.2 Å². The van der Waals surface area contributed by atoms with Crippen LogP contribution in [0.5, 0.6) is 0 Å². The Hall–Kier alpha value is -1.10. The van der Waals surface area contributed by atoms with Gasteiger partial charge in [0.15, 0.2) is 0 Å². The summed E-state index contributed by atoms with van der Waals surface area (Å²) in [5.74, 6) is -2.95. The molecule has 5 heteroatoms. The molecule has 0 aliphatic rings. The zero-order chi connectivity index (χ0) is 10.6. The van der Waals surface area contributed by atoms with Crippen LogP contribution in [0.1, 0.15) is 20.3 Å². The first-order chi connectivity index (χ1) is 5.86. The molecule has 0 saturated carbocycles. The highest BCUT2D eigenvalue weighted by molar-refractivity contribution is 5.75. The van der Waals surface area contributed by atoms with Gasteiger partial charge in [-0.2, -0.15) is 0 Å². The second-order valence-electron chi connectivity index (χ2n) is 3.37.